The Labute approximate surface area is 119 Å². The Hall–Kier alpha value is -1.69. The summed E-state index contributed by atoms with van der Waals surface area (Å²) in [6.45, 7) is 1.89. The van der Waals surface area contributed by atoms with Gasteiger partial charge in [-0.2, -0.15) is 13.2 Å². The topological polar surface area (TPSA) is 38.9 Å². The molecule has 0 radical (unpaired) electrons. The zero-order chi connectivity index (χ0) is 14.8. The van der Waals surface area contributed by atoms with Gasteiger partial charge in [-0.25, -0.2) is 0 Å². The molecule has 106 valence electrons. The molecule has 0 saturated carbocycles. The zero-order valence-corrected chi connectivity index (χ0v) is 11.6. The largest absolute Gasteiger partial charge is 0.416 e. The number of benzene rings is 1. The molecule has 0 aliphatic rings. The van der Waals surface area contributed by atoms with Gasteiger partial charge in [0.05, 0.1) is 11.3 Å². The number of hydrogen-bond acceptors (Lipinski definition) is 3. The van der Waals surface area contributed by atoms with E-state index in [0.717, 1.165) is 23.5 Å². The lowest BCUT2D eigenvalue weighted by Crippen LogP contribution is -2.05. The molecule has 0 fully saturated rings. The quantitative estimate of drug-likeness (QED) is 0.679. The summed E-state index contributed by atoms with van der Waals surface area (Å²) in [5, 5.41) is 0. The van der Waals surface area contributed by atoms with Crippen molar-refractivity contribution in [2.45, 2.75) is 23.7 Å². The maximum absolute atomic E-state index is 12.5. The van der Waals surface area contributed by atoms with E-state index in [-0.39, 0.29) is 5.69 Å². The number of nitrogen functional groups attached to an aromatic ring is 1. The van der Waals surface area contributed by atoms with Gasteiger partial charge >= 0.3 is 6.18 Å². The Morgan fingerprint density at radius 3 is 2.55 bits per heavy atom. The fourth-order valence-corrected chi connectivity index (χ4v) is 2.54. The molecule has 0 bridgehead atoms. The van der Waals surface area contributed by atoms with Gasteiger partial charge in [-0.15, -0.1) is 11.8 Å². The fourth-order valence-electron chi connectivity index (χ4n) is 1.69. The number of thioether (sulfide) groups is 1. The van der Waals surface area contributed by atoms with Gasteiger partial charge in [0.15, 0.2) is 0 Å². The van der Waals surface area contributed by atoms with Gasteiger partial charge in [-0.1, -0.05) is 6.07 Å². The van der Waals surface area contributed by atoms with E-state index in [9.17, 15) is 13.2 Å². The van der Waals surface area contributed by atoms with E-state index in [2.05, 4.69) is 4.98 Å². The minimum absolute atomic E-state index is 0.137. The van der Waals surface area contributed by atoms with Crippen LogP contribution in [0.4, 0.5) is 18.9 Å². The van der Waals surface area contributed by atoms with E-state index in [0.29, 0.717) is 10.6 Å². The van der Waals surface area contributed by atoms with Gasteiger partial charge in [0.2, 0.25) is 0 Å². The van der Waals surface area contributed by atoms with Crippen molar-refractivity contribution in [3.63, 3.8) is 0 Å². The average Bonchev–Trinajstić information content (AvgIpc) is 2.36. The van der Waals surface area contributed by atoms with Crippen LogP contribution in [0.1, 0.15) is 17.0 Å². The molecule has 2 N–H and O–H groups in total. The molecule has 2 nitrogen and oxygen atoms in total. The van der Waals surface area contributed by atoms with Crippen LogP contribution in [0.5, 0.6) is 0 Å². The molecule has 0 spiro atoms. The summed E-state index contributed by atoms with van der Waals surface area (Å²) < 4.78 is 37.6. The highest BCUT2D eigenvalue weighted by atomic mass is 32.2. The molecule has 0 saturated heterocycles. The Morgan fingerprint density at radius 2 is 1.95 bits per heavy atom. The van der Waals surface area contributed by atoms with Gasteiger partial charge in [-0.05, 0) is 37.3 Å². The first kappa shape index (κ1) is 14.7. The monoisotopic (exact) mass is 298 g/mol. The number of anilines is 1. The summed E-state index contributed by atoms with van der Waals surface area (Å²) in [5.41, 5.74) is 6.85. The molecular formula is C14H13F3N2S. The first-order valence-electron chi connectivity index (χ1n) is 5.88. The van der Waals surface area contributed by atoms with Crippen molar-refractivity contribution in [2.24, 2.45) is 0 Å². The van der Waals surface area contributed by atoms with Gasteiger partial charge in [0, 0.05) is 22.0 Å². The highest BCUT2D eigenvalue weighted by Gasteiger charge is 2.30. The second-order valence-corrected chi connectivity index (χ2v) is 5.33. The van der Waals surface area contributed by atoms with E-state index < -0.39 is 11.7 Å². The van der Waals surface area contributed by atoms with Crippen molar-refractivity contribution in [3.05, 3.63) is 53.3 Å². The number of pyridine rings is 1. The number of nitrogens with zero attached hydrogens (tertiary/aromatic N) is 1. The molecule has 20 heavy (non-hydrogen) atoms. The van der Waals surface area contributed by atoms with Crippen molar-refractivity contribution in [1.29, 1.82) is 0 Å². The summed E-state index contributed by atoms with van der Waals surface area (Å²) >= 11 is 1.37. The predicted octanol–water partition coefficient (Wildman–Crippen LogP) is 4.28. The van der Waals surface area contributed by atoms with E-state index in [1.165, 1.54) is 17.8 Å². The summed E-state index contributed by atoms with van der Waals surface area (Å²) in [5.74, 6) is 0.567. The summed E-state index contributed by atoms with van der Waals surface area (Å²) in [4.78, 5) is 4.96. The molecular weight excluding hydrogens is 285 g/mol. The lowest BCUT2D eigenvalue weighted by Gasteiger charge is -2.10. The number of nitrogens with two attached hydrogens (primary N) is 1. The molecule has 0 aliphatic carbocycles. The van der Waals surface area contributed by atoms with Crippen molar-refractivity contribution >= 4 is 17.4 Å². The Bertz CT molecular complexity index is 612. The maximum atomic E-state index is 12.5. The van der Waals surface area contributed by atoms with E-state index in [1.54, 1.807) is 0 Å². The minimum Gasteiger partial charge on any atom is -0.398 e. The molecule has 0 amide bonds. The SMILES string of the molecule is Cc1cccc(CSc2ccc(C(F)(F)F)cc2N)n1. The lowest BCUT2D eigenvalue weighted by molar-refractivity contribution is -0.137. The number of aromatic nitrogens is 1. The second kappa shape index (κ2) is 5.75. The first-order chi connectivity index (χ1) is 9.36. The standard InChI is InChI=1S/C14H13F3N2S/c1-9-3-2-4-11(19-9)8-20-13-6-5-10(7-12(13)18)14(15,16)17/h2-7H,8,18H2,1H3. The highest BCUT2D eigenvalue weighted by molar-refractivity contribution is 7.98. The zero-order valence-electron chi connectivity index (χ0n) is 10.7. The van der Waals surface area contributed by atoms with Crippen molar-refractivity contribution in [3.8, 4) is 0 Å². The van der Waals surface area contributed by atoms with Gasteiger partial charge < -0.3 is 5.73 Å². The van der Waals surface area contributed by atoms with Gasteiger partial charge in [-0.3, -0.25) is 4.98 Å². The molecule has 2 rings (SSSR count). The van der Waals surface area contributed by atoms with Crippen LogP contribution in [0.15, 0.2) is 41.3 Å². The molecule has 1 aromatic heterocycles. The summed E-state index contributed by atoms with van der Waals surface area (Å²) in [6, 6.07) is 9.07. The highest BCUT2D eigenvalue weighted by Crippen LogP contribution is 2.35. The van der Waals surface area contributed by atoms with Crippen molar-refractivity contribution < 1.29 is 13.2 Å². The van der Waals surface area contributed by atoms with Crippen LogP contribution < -0.4 is 5.73 Å². The third-order valence-corrected chi connectivity index (χ3v) is 3.78. The van der Waals surface area contributed by atoms with Crippen molar-refractivity contribution in [2.75, 3.05) is 5.73 Å². The van der Waals surface area contributed by atoms with E-state index in [1.807, 2.05) is 25.1 Å². The van der Waals surface area contributed by atoms with E-state index in [4.69, 9.17) is 5.73 Å². The Balaban J connectivity index is 2.11. The molecule has 0 atom stereocenters. The van der Waals surface area contributed by atoms with Crippen LogP contribution in [-0.2, 0) is 11.9 Å². The molecule has 1 aromatic carbocycles. The number of alkyl halides is 3. The molecule has 1 heterocycles. The molecule has 0 unspecified atom stereocenters. The van der Waals surface area contributed by atoms with Crippen LogP contribution in [-0.4, -0.2) is 4.98 Å². The van der Waals surface area contributed by atoms with Crippen LogP contribution in [0.25, 0.3) is 0 Å². The smallest absolute Gasteiger partial charge is 0.398 e. The fraction of sp³-hybridized carbons (Fsp3) is 0.214. The summed E-state index contributed by atoms with van der Waals surface area (Å²) in [6.07, 6.45) is -4.37. The summed E-state index contributed by atoms with van der Waals surface area (Å²) in [7, 11) is 0. The molecule has 0 aliphatic heterocycles. The minimum atomic E-state index is -4.37. The first-order valence-corrected chi connectivity index (χ1v) is 6.87. The number of aryl methyl sites for hydroxylation is 1. The number of rotatable bonds is 3. The third-order valence-electron chi connectivity index (χ3n) is 2.66. The van der Waals surface area contributed by atoms with E-state index >= 15 is 0 Å². The Morgan fingerprint density at radius 1 is 1.20 bits per heavy atom. The molecule has 6 heteroatoms. The maximum Gasteiger partial charge on any atom is 0.416 e. The van der Waals surface area contributed by atoms with Gasteiger partial charge in [0.25, 0.3) is 0 Å². The normalized spacial score (nSPS) is 11.6. The second-order valence-electron chi connectivity index (χ2n) is 4.31. The Kier molecular flexibility index (Phi) is 4.23. The number of halogens is 3. The predicted molar refractivity (Wildman–Crippen MR) is 74.4 cm³/mol. The van der Waals surface area contributed by atoms with Gasteiger partial charge in [0.1, 0.15) is 0 Å². The third kappa shape index (κ3) is 3.66. The van der Waals surface area contributed by atoms with Crippen molar-refractivity contribution in [1.82, 2.24) is 4.98 Å². The lowest BCUT2D eigenvalue weighted by atomic mass is 10.2. The van der Waals surface area contributed by atoms with Crippen LogP contribution in [0, 0.1) is 6.92 Å². The number of hydrogen-bond donors (Lipinski definition) is 1. The van der Waals surface area contributed by atoms with Crippen LogP contribution in [0.2, 0.25) is 0 Å². The average molecular weight is 298 g/mol. The van der Waals surface area contributed by atoms with Crippen LogP contribution in [0.3, 0.4) is 0 Å². The molecule has 2 aromatic rings. The van der Waals surface area contributed by atoms with Crippen LogP contribution >= 0.6 is 11.8 Å².